The van der Waals surface area contributed by atoms with Gasteiger partial charge in [-0.1, -0.05) is 146 Å². The summed E-state index contributed by atoms with van der Waals surface area (Å²) in [5.74, 6) is 0. The fourth-order valence-electron chi connectivity index (χ4n) is 8.97. The molecule has 0 atom stereocenters. The second-order valence-corrected chi connectivity index (χ2v) is 15.3. The van der Waals surface area contributed by atoms with Crippen LogP contribution in [-0.2, 0) is 0 Å². The van der Waals surface area contributed by atoms with Crippen LogP contribution in [0, 0.1) is 0 Å². The molecule has 0 aliphatic heterocycles. The number of furan rings is 2. The van der Waals surface area contributed by atoms with E-state index in [1.54, 1.807) is 0 Å². The van der Waals surface area contributed by atoms with Crippen molar-refractivity contribution in [3.63, 3.8) is 0 Å². The fourth-order valence-corrected chi connectivity index (χ4v) is 8.97. The highest BCUT2D eigenvalue weighted by Crippen LogP contribution is 2.44. The van der Waals surface area contributed by atoms with Crippen LogP contribution in [0.1, 0.15) is 0 Å². The highest BCUT2D eigenvalue weighted by atomic mass is 16.3. The average Bonchev–Trinajstić information content (AvgIpc) is 3.88. The predicted octanol–water partition coefficient (Wildman–Crippen LogP) is 16.3. The molecule has 0 amide bonds. The Morgan fingerprint density at radius 2 is 0.864 bits per heavy atom. The number of para-hydroxylation sites is 3. The third-order valence-corrected chi connectivity index (χ3v) is 11.9. The fraction of sp³-hybridized carbons (Fsp3) is 0. The van der Waals surface area contributed by atoms with Gasteiger partial charge in [0.2, 0.25) is 0 Å². The second-order valence-electron chi connectivity index (χ2n) is 15.3. The van der Waals surface area contributed by atoms with Crippen LogP contribution in [0.2, 0.25) is 0 Å². The third kappa shape index (κ3) is 5.51. The van der Waals surface area contributed by atoms with Crippen LogP contribution in [0.25, 0.3) is 98.8 Å². The van der Waals surface area contributed by atoms with Crippen molar-refractivity contribution >= 4 is 82.5 Å². The number of hydrogen-bond acceptors (Lipinski definition) is 3. The van der Waals surface area contributed by atoms with Crippen LogP contribution in [-0.4, -0.2) is 0 Å². The number of hydrogen-bond donors (Lipinski definition) is 0. The molecule has 3 nitrogen and oxygen atoms in total. The molecule has 276 valence electrons. The van der Waals surface area contributed by atoms with Gasteiger partial charge in [-0.15, -0.1) is 0 Å². The summed E-state index contributed by atoms with van der Waals surface area (Å²) < 4.78 is 13.0. The van der Waals surface area contributed by atoms with Gasteiger partial charge in [0, 0.05) is 49.6 Å². The predicted molar refractivity (Wildman–Crippen MR) is 247 cm³/mol. The van der Waals surface area contributed by atoms with Crippen LogP contribution in [0.5, 0.6) is 0 Å². The van der Waals surface area contributed by atoms with Gasteiger partial charge >= 0.3 is 0 Å². The summed E-state index contributed by atoms with van der Waals surface area (Å²) >= 11 is 0. The summed E-state index contributed by atoms with van der Waals surface area (Å²) in [5, 5.41) is 9.17. The highest BCUT2D eigenvalue weighted by molar-refractivity contribution is 6.21. The molecule has 0 aliphatic rings. The van der Waals surface area contributed by atoms with E-state index in [9.17, 15) is 0 Å². The summed E-state index contributed by atoms with van der Waals surface area (Å²) in [6.45, 7) is 0. The summed E-state index contributed by atoms with van der Waals surface area (Å²) in [6.07, 6.45) is 0. The maximum atomic E-state index is 6.90. The van der Waals surface area contributed by atoms with Gasteiger partial charge in [0.15, 0.2) is 0 Å². The first-order valence-electron chi connectivity index (χ1n) is 20.1. The molecule has 59 heavy (non-hydrogen) atoms. The molecule has 12 rings (SSSR count). The molecule has 10 aromatic carbocycles. The van der Waals surface area contributed by atoms with E-state index in [0.717, 1.165) is 88.4 Å². The highest BCUT2D eigenvalue weighted by Gasteiger charge is 2.19. The van der Waals surface area contributed by atoms with Gasteiger partial charge in [-0.2, -0.15) is 0 Å². The van der Waals surface area contributed by atoms with E-state index in [2.05, 4.69) is 205 Å². The maximum absolute atomic E-state index is 6.90. The van der Waals surface area contributed by atoms with E-state index in [1.165, 1.54) is 27.5 Å². The van der Waals surface area contributed by atoms with Crippen molar-refractivity contribution in [2.24, 2.45) is 0 Å². The monoisotopic (exact) mass is 753 g/mol. The summed E-state index contributed by atoms with van der Waals surface area (Å²) in [5.41, 5.74) is 13.7. The zero-order valence-electron chi connectivity index (χ0n) is 32.0. The summed E-state index contributed by atoms with van der Waals surface area (Å²) in [6, 6.07) is 75.7. The maximum Gasteiger partial charge on any atom is 0.143 e. The Morgan fingerprint density at radius 3 is 1.68 bits per heavy atom. The molecule has 0 N–H and O–H groups in total. The van der Waals surface area contributed by atoms with E-state index < -0.39 is 0 Å². The lowest BCUT2D eigenvalue weighted by atomic mass is 9.94. The number of benzene rings is 10. The van der Waals surface area contributed by atoms with Crippen molar-refractivity contribution in [1.29, 1.82) is 0 Å². The zero-order valence-corrected chi connectivity index (χ0v) is 32.0. The first-order valence-corrected chi connectivity index (χ1v) is 20.1. The normalized spacial score (nSPS) is 11.7. The molecule has 0 aliphatic carbocycles. The topological polar surface area (TPSA) is 29.5 Å². The average molecular weight is 754 g/mol. The van der Waals surface area contributed by atoms with Crippen LogP contribution >= 0.6 is 0 Å². The van der Waals surface area contributed by atoms with E-state index in [1.807, 2.05) is 12.1 Å². The van der Waals surface area contributed by atoms with Crippen molar-refractivity contribution in [2.75, 3.05) is 4.90 Å². The summed E-state index contributed by atoms with van der Waals surface area (Å²) in [4.78, 5) is 2.32. The summed E-state index contributed by atoms with van der Waals surface area (Å²) in [7, 11) is 0. The van der Waals surface area contributed by atoms with Gasteiger partial charge in [-0.05, 0) is 111 Å². The van der Waals surface area contributed by atoms with Crippen LogP contribution in [0.15, 0.2) is 221 Å². The Balaban J connectivity index is 0.946. The Bertz CT molecular complexity index is 3540. The van der Waals surface area contributed by atoms with Gasteiger partial charge in [0.25, 0.3) is 0 Å². The molecular weight excluding hydrogens is 719 g/mol. The number of rotatable bonds is 6. The first-order chi connectivity index (χ1) is 29.2. The molecule has 0 fully saturated rings. The Labute approximate surface area is 340 Å². The third-order valence-electron chi connectivity index (χ3n) is 11.9. The van der Waals surface area contributed by atoms with Crippen molar-refractivity contribution in [1.82, 2.24) is 0 Å². The smallest absolute Gasteiger partial charge is 0.143 e. The van der Waals surface area contributed by atoms with E-state index in [4.69, 9.17) is 8.83 Å². The molecule has 3 heteroatoms. The Kier molecular flexibility index (Phi) is 7.54. The lowest BCUT2D eigenvalue weighted by Gasteiger charge is -2.26. The van der Waals surface area contributed by atoms with Crippen molar-refractivity contribution in [3.05, 3.63) is 212 Å². The molecule has 0 radical (unpaired) electrons. The first kappa shape index (κ1) is 33.3. The minimum absolute atomic E-state index is 0.884. The molecule has 2 aromatic heterocycles. The standard InChI is InChI=1S/C56H35NO2/c1-2-13-42(14-3-1)57(43-28-23-37(24-29-43)40-22-21-36-11-4-5-12-39(36)33-40)44-30-25-38(26-31-44)50-35-52-49-19-10-18-45(55(49)59-56(52)48-17-7-6-15-46(48)50)41-27-32-54-51(34-41)47-16-8-9-20-53(47)58-54/h1-35H. The van der Waals surface area contributed by atoms with Crippen LogP contribution < -0.4 is 4.90 Å². The Morgan fingerprint density at radius 1 is 0.271 bits per heavy atom. The molecule has 0 unspecified atom stereocenters. The molecule has 0 saturated heterocycles. The van der Waals surface area contributed by atoms with E-state index >= 15 is 0 Å². The van der Waals surface area contributed by atoms with Crippen molar-refractivity contribution in [3.8, 4) is 33.4 Å². The Hall–Kier alpha value is -7.88. The van der Waals surface area contributed by atoms with E-state index in [0.29, 0.717) is 0 Å². The molecular formula is C56H35NO2. The van der Waals surface area contributed by atoms with Crippen LogP contribution in [0.4, 0.5) is 17.1 Å². The lowest BCUT2D eigenvalue weighted by Crippen LogP contribution is -2.09. The SMILES string of the molecule is c1ccc(N(c2ccc(-c3ccc4ccccc4c3)cc2)c2ccc(-c3cc4c5cccc(-c6ccc7oc8ccccc8c7c6)c5oc4c4ccccc34)cc2)cc1. The van der Waals surface area contributed by atoms with E-state index in [-0.39, 0.29) is 0 Å². The number of fused-ring (bicyclic) bond motifs is 9. The minimum atomic E-state index is 0.884. The molecule has 12 aromatic rings. The molecule has 0 bridgehead atoms. The van der Waals surface area contributed by atoms with Gasteiger partial charge in [-0.25, -0.2) is 0 Å². The largest absolute Gasteiger partial charge is 0.456 e. The minimum Gasteiger partial charge on any atom is -0.456 e. The molecule has 0 saturated carbocycles. The molecule has 0 spiro atoms. The number of anilines is 3. The van der Waals surface area contributed by atoms with Crippen LogP contribution in [0.3, 0.4) is 0 Å². The molecule has 2 heterocycles. The zero-order chi connectivity index (χ0) is 38.9. The van der Waals surface area contributed by atoms with Gasteiger partial charge < -0.3 is 13.7 Å². The quantitative estimate of drug-likeness (QED) is 0.169. The number of nitrogens with zero attached hydrogens (tertiary/aromatic N) is 1. The van der Waals surface area contributed by atoms with Crippen molar-refractivity contribution < 1.29 is 8.83 Å². The lowest BCUT2D eigenvalue weighted by molar-refractivity contribution is 0.668. The van der Waals surface area contributed by atoms with Crippen molar-refractivity contribution in [2.45, 2.75) is 0 Å². The second kappa shape index (κ2) is 13.4. The van der Waals surface area contributed by atoms with Gasteiger partial charge in [0.1, 0.15) is 22.3 Å². The van der Waals surface area contributed by atoms with Gasteiger partial charge in [0.05, 0.1) is 0 Å². The van der Waals surface area contributed by atoms with Gasteiger partial charge in [-0.3, -0.25) is 0 Å².